The summed E-state index contributed by atoms with van der Waals surface area (Å²) in [5.74, 6) is 1.90. The van der Waals surface area contributed by atoms with E-state index in [1.54, 1.807) is 19.2 Å². The number of carbonyl (C=O) groups is 2. The Bertz CT molecular complexity index is 1210. The quantitative estimate of drug-likeness (QED) is 0.354. The van der Waals surface area contributed by atoms with Crippen LogP contribution in [0.15, 0.2) is 47.6 Å². The molecule has 0 spiro atoms. The van der Waals surface area contributed by atoms with Gasteiger partial charge in [0.1, 0.15) is 0 Å². The van der Waals surface area contributed by atoms with Crippen LogP contribution in [-0.4, -0.2) is 85.4 Å². The van der Waals surface area contributed by atoms with Gasteiger partial charge in [0.25, 0.3) is 0 Å². The molecular formula is C30H38N4O6S. The second-order valence-electron chi connectivity index (χ2n) is 10.3. The molecule has 220 valence electrons. The van der Waals surface area contributed by atoms with Gasteiger partial charge in [-0.3, -0.25) is 15.0 Å². The molecule has 2 amide bonds. The molecule has 41 heavy (non-hydrogen) atoms. The Morgan fingerprint density at radius 2 is 1.88 bits per heavy atom. The Balaban J connectivity index is 1.14. The minimum atomic E-state index is -0.479. The van der Waals surface area contributed by atoms with Crippen molar-refractivity contribution in [2.24, 2.45) is 5.10 Å². The van der Waals surface area contributed by atoms with E-state index in [4.69, 9.17) is 18.9 Å². The van der Waals surface area contributed by atoms with E-state index < -0.39 is 6.09 Å². The SMILES string of the molecule is COc1ccc(C2=NN(Cc3ccc(NC(=O)OCCCN4CCOCC4)cc3)C(=O)SC2)cc1OC1CCCC1. The number of nitrogens with one attached hydrogen (secondary N) is 1. The molecule has 2 heterocycles. The summed E-state index contributed by atoms with van der Waals surface area (Å²) in [5, 5.41) is 8.82. The molecule has 0 radical (unpaired) electrons. The molecule has 0 unspecified atom stereocenters. The topological polar surface area (TPSA) is 102 Å². The van der Waals surface area contributed by atoms with Crippen molar-refractivity contribution < 1.29 is 28.5 Å². The average molecular weight is 583 g/mol. The van der Waals surface area contributed by atoms with Crippen molar-refractivity contribution in [3.8, 4) is 11.5 Å². The standard InChI is InChI=1S/C30H38N4O6S/c1-37-27-12-9-23(19-28(27)40-25-5-2-3-6-25)26-21-41-30(36)34(32-26)20-22-7-10-24(11-8-22)31-29(35)39-16-4-13-33-14-17-38-18-15-33/h7-12,19,25H,2-6,13-18,20-21H2,1H3,(H,31,35). The molecule has 0 bridgehead atoms. The van der Waals surface area contributed by atoms with E-state index in [0.29, 0.717) is 36.1 Å². The molecule has 5 rings (SSSR count). The minimum absolute atomic E-state index is 0.104. The van der Waals surface area contributed by atoms with E-state index in [1.807, 2.05) is 30.3 Å². The Labute approximate surface area is 245 Å². The first kappa shape index (κ1) is 29.2. The maximum atomic E-state index is 12.7. The van der Waals surface area contributed by atoms with Crippen molar-refractivity contribution in [3.63, 3.8) is 0 Å². The van der Waals surface area contributed by atoms with Gasteiger partial charge in [-0.2, -0.15) is 5.10 Å². The number of benzene rings is 2. The van der Waals surface area contributed by atoms with Crippen LogP contribution in [0.4, 0.5) is 15.3 Å². The van der Waals surface area contributed by atoms with Gasteiger partial charge < -0.3 is 18.9 Å². The highest BCUT2D eigenvalue weighted by Gasteiger charge is 2.24. The second-order valence-corrected chi connectivity index (χ2v) is 11.2. The number of methoxy groups -OCH3 is 1. The number of rotatable bonds is 11. The van der Waals surface area contributed by atoms with Crippen LogP contribution >= 0.6 is 11.8 Å². The molecule has 1 aliphatic carbocycles. The molecule has 3 aliphatic rings. The summed E-state index contributed by atoms with van der Waals surface area (Å²) in [4.78, 5) is 27.2. The zero-order valence-corrected chi connectivity index (χ0v) is 24.3. The number of morpholine rings is 1. The Kier molecular flexibility index (Phi) is 10.4. The molecule has 1 N–H and O–H groups in total. The number of nitrogens with zero attached hydrogens (tertiary/aromatic N) is 3. The largest absolute Gasteiger partial charge is 0.493 e. The summed E-state index contributed by atoms with van der Waals surface area (Å²) in [5.41, 5.74) is 3.24. The first-order valence-corrected chi connectivity index (χ1v) is 15.3. The third kappa shape index (κ3) is 8.37. The monoisotopic (exact) mass is 582 g/mol. The molecule has 10 nitrogen and oxygen atoms in total. The predicted octanol–water partition coefficient (Wildman–Crippen LogP) is 5.36. The van der Waals surface area contributed by atoms with Gasteiger partial charge in [0.2, 0.25) is 0 Å². The van der Waals surface area contributed by atoms with Crippen LogP contribution in [0.5, 0.6) is 11.5 Å². The third-order valence-corrected chi connectivity index (χ3v) is 8.24. The van der Waals surface area contributed by atoms with Crippen LogP contribution < -0.4 is 14.8 Å². The van der Waals surface area contributed by atoms with Gasteiger partial charge in [0, 0.05) is 36.6 Å². The number of ether oxygens (including phenoxy) is 4. The van der Waals surface area contributed by atoms with Crippen LogP contribution in [-0.2, 0) is 16.0 Å². The van der Waals surface area contributed by atoms with Crippen molar-refractivity contribution in [1.29, 1.82) is 0 Å². The number of hydrazone groups is 1. The third-order valence-electron chi connectivity index (χ3n) is 7.37. The van der Waals surface area contributed by atoms with Crippen molar-refractivity contribution in [3.05, 3.63) is 53.6 Å². The lowest BCUT2D eigenvalue weighted by molar-refractivity contribution is 0.0348. The fourth-order valence-electron chi connectivity index (χ4n) is 5.09. The Morgan fingerprint density at radius 3 is 2.63 bits per heavy atom. The lowest BCUT2D eigenvalue weighted by Crippen LogP contribution is -2.37. The average Bonchev–Trinajstić information content (AvgIpc) is 3.51. The number of anilines is 1. The van der Waals surface area contributed by atoms with Gasteiger partial charge in [-0.15, -0.1) is 0 Å². The van der Waals surface area contributed by atoms with Crippen molar-refractivity contribution in [2.75, 3.05) is 57.6 Å². The summed E-state index contributed by atoms with van der Waals surface area (Å²) in [6, 6.07) is 13.2. The highest BCUT2D eigenvalue weighted by atomic mass is 32.2. The summed E-state index contributed by atoms with van der Waals surface area (Å²) in [6.45, 7) is 4.93. The van der Waals surface area contributed by atoms with Crippen LogP contribution in [0, 0.1) is 0 Å². The predicted molar refractivity (Wildman–Crippen MR) is 159 cm³/mol. The molecule has 1 saturated heterocycles. The number of thioether (sulfide) groups is 1. The van der Waals surface area contributed by atoms with Gasteiger partial charge in [-0.1, -0.05) is 23.9 Å². The van der Waals surface area contributed by atoms with Crippen molar-refractivity contribution >= 4 is 34.5 Å². The van der Waals surface area contributed by atoms with E-state index >= 15 is 0 Å². The highest BCUT2D eigenvalue weighted by molar-refractivity contribution is 8.14. The fourth-order valence-corrected chi connectivity index (χ4v) is 5.83. The zero-order valence-electron chi connectivity index (χ0n) is 23.5. The molecule has 0 aromatic heterocycles. The normalized spacial score (nSPS) is 18.2. The van der Waals surface area contributed by atoms with Crippen LogP contribution in [0.25, 0.3) is 0 Å². The Morgan fingerprint density at radius 1 is 1.10 bits per heavy atom. The van der Waals surface area contributed by atoms with E-state index in [9.17, 15) is 9.59 Å². The summed E-state index contributed by atoms with van der Waals surface area (Å²) >= 11 is 1.23. The van der Waals surface area contributed by atoms with Gasteiger partial charge >= 0.3 is 11.3 Å². The van der Waals surface area contributed by atoms with Crippen LogP contribution in [0.3, 0.4) is 0 Å². The highest BCUT2D eigenvalue weighted by Crippen LogP contribution is 2.33. The molecule has 2 fully saturated rings. The second kappa shape index (κ2) is 14.6. The molecule has 0 atom stereocenters. The van der Waals surface area contributed by atoms with E-state index in [-0.39, 0.29) is 11.3 Å². The lowest BCUT2D eigenvalue weighted by Gasteiger charge is -2.26. The first-order valence-electron chi connectivity index (χ1n) is 14.3. The fraction of sp³-hybridized carbons (Fsp3) is 0.500. The zero-order chi connectivity index (χ0) is 28.4. The molecule has 2 aromatic carbocycles. The molecule has 1 saturated carbocycles. The lowest BCUT2D eigenvalue weighted by atomic mass is 10.1. The molecule has 2 aromatic rings. The van der Waals surface area contributed by atoms with Gasteiger partial charge in [-0.05, 0) is 68.0 Å². The first-order chi connectivity index (χ1) is 20.1. The summed E-state index contributed by atoms with van der Waals surface area (Å²) in [6.07, 6.45) is 4.98. The van der Waals surface area contributed by atoms with E-state index in [2.05, 4.69) is 15.3 Å². The van der Waals surface area contributed by atoms with Crippen LogP contribution in [0.2, 0.25) is 0 Å². The molecular weight excluding hydrogens is 544 g/mol. The Hall–Kier alpha value is -3.28. The maximum Gasteiger partial charge on any atom is 0.411 e. The van der Waals surface area contributed by atoms with Crippen molar-refractivity contribution in [2.45, 2.75) is 44.8 Å². The number of carbonyl (C=O) groups excluding carboxylic acids is 2. The van der Waals surface area contributed by atoms with Gasteiger partial charge in [-0.25, -0.2) is 9.80 Å². The maximum absolute atomic E-state index is 12.7. The van der Waals surface area contributed by atoms with E-state index in [1.165, 1.54) is 29.6 Å². The van der Waals surface area contributed by atoms with Crippen LogP contribution in [0.1, 0.15) is 43.2 Å². The van der Waals surface area contributed by atoms with E-state index in [0.717, 1.165) is 68.9 Å². The summed E-state index contributed by atoms with van der Waals surface area (Å²) in [7, 11) is 1.64. The number of hydrogen-bond donors (Lipinski definition) is 1. The summed E-state index contributed by atoms with van der Waals surface area (Å²) < 4.78 is 22.4. The van der Waals surface area contributed by atoms with Crippen molar-refractivity contribution in [1.82, 2.24) is 9.91 Å². The van der Waals surface area contributed by atoms with Gasteiger partial charge in [0.05, 0.1) is 45.3 Å². The molecule has 11 heteroatoms. The minimum Gasteiger partial charge on any atom is -0.493 e. The number of hydrogen-bond acceptors (Lipinski definition) is 9. The molecule has 2 aliphatic heterocycles. The smallest absolute Gasteiger partial charge is 0.411 e. The van der Waals surface area contributed by atoms with Gasteiger partial charge in [0.15, 0.2) is 11.5 Å². The number of amides is 2.